The van der Waals surface area contributed by atoms with E-state index in [0.717, 1.165) is 0 Å². The lowest BCUT2D eigenvalue weighted by molar-refractivity contribution is -0.117. The smallest absolute Gasteiger partial charge is 0.411 e. The molecule has 1 aliphatic rings. The highest BCUT2D eigenvalue weighted by molar-refractivity contribution is 9.10. The lowest BCUT2D eigenvalue weighted by Gasteiger charge is -2.40. The van der Waals surface area contributed by atoms with Gasteiger partial charge in [0.05, 0.1) is 23.1 Å². The number of carbonyl (C=O) groups is 3. The maximum atomic E-state index is 12.2. The van der Waals surface area contributed by atoms with Gasteiger partial charge in [-0.3, -0.25) is 14.5 Å². The quantitative estimate of drug-likeness (QED) is 0.807. The minimum Gasteiger partial charge on any atom is -0.465 e. The van der Waals surface area contributed by atoms with Crippen LogP contribution in [0.5, 0.6) is 0 Å². The molecule has 8 heteroatoms. The molecule has 1 unspecified atom stereocenters. The van der Waals surface area contributed by atoms with Crippen molar-refractivity contribution in [1.82, 2.24) is 0 Å². The van der Waals surface area contributed by atoms with Crippen LogP contribution >= 0.6 is 15.9 Å². The fourth-order valence-electron chi connectivity index (χ4n) is 3.29. The van der Waals surface area contributed by atoms with E-state index in [4.69, 9.17) is 0 Å². The molecule has 1 atom stereocenters. The van der Waals surface area contributed by atoms with E-state index in [9.17, 15) is 19.5 Å². The number of benzene rings is 1. The molecule has 136 valence electrons. The van der Waals surface area contributed by atoms with Gasteiger partial charge >= 0.3 is 6.09 Å². The number of rotatable bonds is 2. The molecule has 0 fully saturated rings. The maximum Gasteiger partial charge on any atom is 0.411 e. The first-order valence-corrected chi connectivity index (χ1v) is 8.79. The first-order valence-electron chi connectivity index (χ1n) is 7.99. The number of halogens is 1. The fourth-order valence-corrected chi connectivity index (χ4v) is 3.81. The van der Waals surface area contributed by atoms with Gasteiger partial charge in [-0.2, -0.15) is 0 Å². The first-order chi connectivity index (χ1) is 11.6. The molecule has 1 heterocycles. The summed E-state index contributed by atoms with van der Waals surface area (Å²) >= 11 is 3.44. The summed E-state index contributed by atoms with van der Waals surface area (Å²) in [5.74, 6) is -0.310. The Morgan fingerprint density at radius 2 is 1.84 bits per heavy atom. The van der Waals surface area contributed by atoms with Crippen molar-refractivity contribution >= 4 is 50.9 Å². The van der Waals surface area contributed by atoms with Gasteiger partial charge in [0.2, 0.25) is 11.8 Å². The highest BCUT2D eigenvalue weighted by Crippen LogP contribution is 2.43. The van der Waals surface area contributed by atoms with Crippen LogP contribution in [0.4, 0.5) is 21.9 Å². The zero-order valence-corrected chi connectivity index (χ0v) is 16.5. The van der Waals surface area contributed by atoms with Crippen LogP contribution in [-0.4, -0.2) is 41.6 Å². The standard InChI is InChI=1S/C17H22BrN3O4/c1-9(2)20(11(4)22)14-7-16-15(6-13(14)18)19(17(24)25)8-10(3)21(16)12(5)23/h6-7,9-10H,8H2,1-5H3,(H,24,25). The van der Waals surface area contributed by atoms with Gasteiger partial charge in [0.15, 0.2) is 0 Å². The number of anilines is 3. The second-order valence-corrected chi connectivity index (χ2v) is 7.26. The van der Waals surface area contributed by atoms with Crippen molar-refractivity contribution in [2.45, 2.75) is 46.7 Å². The van der Waals surface area contributed by atoms with Gasteiger partial charge in [0, 0.05) is 30.9 Å². The van der Waals surface area contributed by atoms with Crippen molar-refractivity contribution in [2.75, 3.05) is 21.2 Å². The summed E-state index contributed by atoms with van der Waals surface area (Å²) in [6, 6.07) is 2.96. The van der Waals surface area contributed by atoms with E-state index in [0.29, 0.717) is 21.5 Å². The fraction of sp³-hybridized carbons (Fsp3) is 0.471. The molecular weight excluding hydrogens is 390 g/mol. The first kappa shape index (κ1) is 19.2. The van der Waals surface area contributed by atoms with Crippen molar-refractivity contribution in [3.8, 4) is 0 Å². The molecule has 1 N–H and O–H groups in total. The van der Waals surface area contributed by atoms with Crippen LogP contribution in [-0.2, 0) is 9.59 Å². The second kappa shape index (κ2) is 7.03. The van der Waals surface area contributed by atoms with Crippen LogP contribution in [0.3, 0.4) is 0 Å². The van der Waals surface area contributed by atoms with Crippen molar-refractivity contribution < 1.29 is 19.5 Å². The topological polar surface area (TPSA) is 81.2 Å². The van der Waals surface area contributed by atoms with Crippen LogP contribution in [0, 0.1) is 0 Å². The van der Waals surface area contributed by atoms with Gasteiger partial charge in [-0.25, -0.2) is 4.79 Å². The third kappa shape index (κ3) is 3.49. The molecule has 0 aromatic heterocycles. The molecule has 25 heavy (non-hydrogen) atoms. The number of fused-ring (bicyclic) bond motifs is 1. The summed E-state index contributed by atoms with van der Waals surface area (Å²) in [7, 11) is 0. The lowest BCUT2D eigenvalue weighted by atomic mass is 10.1. The lowest BCUT2D eigenvalue weighted by Crippen LogP contribution is -2.51. The molecule has 3 amide bonds. The van der Waals surface area contributed by atoms with Crippen molar-refractivity contribution in [1.29, 1.82) is 0 Å². The Morgan fingerprint density at radius 1 is 1.24 bits per heavy atom. The van der Waals surface area contributed by atoms with E-state index < -0.39 is 6.09 Å². The van der Waals surface area contributed by atoms with Crippen LogP contribution in [0.25, 0.3) is 0 Å². The summed E-state index contributed by atoms with van der Waals surface area (Å²) in [6.45, 7) is 8.69. The average Bonchev–Trinajstić information content (AvgIpc) is 2.46. The monoisotopic (exact) mass is 411 g/mol. The average molecular weight is 412 g/mol. The van der Waals surface area contributed by atoms with Crippen LogP contribution in [0.2, 0.25) is 0 Å². The number of hydrogen-bond acceptors (Lipinski definition) is 3. The number of amides is 3. The Bertz CT molecular complexity index is 735. The Hall–Kier alpha value is -2.09. The van der Waals surface area contributed by atoms with Gasteiger partial charge in [-0.15, -0.1) is 0 Å². The van der Waals surface area contributed by atoms with Gasteiger partial charge in [0.1, 0.15) is 0 Å². The predicted octanol–water partition coefficient (Wildman–Crippen LogP) is 3.45. The van der Waals surface area contributed by atoms with Gasteiger partial charge in [-0.05, 0) is 48.8 Å². The Labute approximate surface area is 155 Å². The van der Waals surface area contributed by atoms with E-state index in [2.05, 4.69) is 15.9 Å². The normalized spacial score (nSPS) is 16.7. The minimum atomic E-state index is -1.08. The molecule has 7 nitrogen and oxygen atoms in total. The molecule has 1 aromatic rings. The van der Waals surface area contributed by atoms with E-state index in [1.54, 1.807) is 28.9 Å². The molecule has 0 saturated carbocycles. The highest BCUT2D eigenvalue weighted by atomic mass is 79.9. The SMILES string of the molecule is CC(=O)N(c1cc2c(cc1Br)N(C(=O)O)CC(C)N2C(C)=O)C(C)C. The molecule has 0 saturated heterocycles. The Balaban J connectivity index is 2.73. The zero-order chi connectivity index (χ0) is 19.0. The van der Waals surface area contributed by atoms with Crippen LogP contribution < -0.4 is 14.7 Å². The van der Waals surface area contributed by atoms with E-state index in [1.165, 1.54) is 18.7 Å². The van der Waals surface area contributed by atoms with E-state index in [-0.39, 0.29) is 30.4 Å². The van der Waals surface area contributed by atoms with E-state index >= 15 is 0 Å². The van der Waals surface area contributed by atoms with Gasteiger partial charge in [0.25, 0.3) is 0 Å². The molecule has 0 bridgehead atoms. The maximum absolute atomic E-state index is 12.2. The summed E-state index contributed by atoms with van der Waals surface area (Å²) in [4.78, 5) is 40.3. The third-order valence-electron chi connectivity index (χ3n) is 4.17. The Morgan fingerprint density at radius 3 is 2.28 bits per heavy atom. The number of carbonyl (C=O) groups excluding carboxylic acids is 2. The van der Waals surface area contributed by atoms with Gasteiger partial charge in [-0.1, -0.05) is 0 Å². The highest BCUT2D eigenvalue weighted by Gasteiger charge is 2.35. The number of carboxylic acid groups (broad SMARTS) is 1. The molecule has 2 rings (SSSR count). The van der Waals surface area contributed by atoms with Crippen LogP contribution in [0.1, 0.15) is 34.6 Å². The van der Waals surface area contributed by atoms with Crippen LogP contribution in [0.15, 0.2) is 16.6 Å². The molecule has 1 aliphatic heterocycles. The summed E-state index contributed by atoms with van der Waals surface area (Å²) in [6.07, 6.45) is -1.08. The molecule has 0 spiro atoms. The number of nitrogens with zero attached hydrogens (tertiary/aromatic N) is 3. The van der Waals surface area contributed by atoms with Crippen molar-refractivity contribution in [3.05, 3.63) is 16.6 Å². The van der Waals surface area contributed by atoms with Crippen molar-refractivity contribution in [3.63, 3.8) is 0 Å². The molecule has 0 radical (unpaired) electrons. The minimum absolute atomic E-state index is 0.0887. The number of hydrogen-bond donors (Lipinski definition) is 1. The zero-order valence-electron chi connectivity index (χ0n) is 14.9. The molecule has 1 aromatic carbocycles. The molecular formula is C17H22BrN3O4. The van der Waals surface area contributed by atoms with Gasteiger partial charge < -0.3 is 14.9 Å². The Kier molecular flexibility index (Phi) is 5.41. The second-order valence-electron chi connectivity index (χ2n) is 6.41. The van der Waals surface area contributed by atoms with Crippen molar-refractivity contribution in [2.24, 2.45) is 0 Å². The summed E-state index contributed by atoms with van der Waals surface area (Å²) in [5.41, 5.74) is 1.51. The largest absolute Gasteiger partial charge is 0.465 e. The summed E-state index contributed by atoms with van der Waals surface area (Å²) < 4.78 is 0.597. The molecule has 0 aliphatic carbocycles. The predicted molar refractivity (Wildman–Crippen MR) is 100 cm³/mol. The third-order valence-corrected chi connectivity index (χ3v) is 4.80. The summed E-state index contributed by atoms with van der Waals surface area (Å²) in [5, 5.41) is 9.52. The van der Waals surface area contributed by atoms with E-state index in [1.807, 2.05) is 13.8 Å².